The van der Waals surface area contributed by atoms with E-state index in [-0.39, 0.29) is 24.6 Å². The largest absolute Gasteiger partial charge is 0.469 e. The van der Waals surface area contributed by atoms with Crippen LogP contribution in [0.3, 0.4) is 0 Å². The topological polar surface area (TPSA) is 78.0 Å². The summed E-state index contributed by atoms with van der Waals surface area (Å²) in [6.07, 6.45) is 4.89. The molecule has 1 saturated heterocycles. The quantitative estimate of drug-likeness (QED) is 0.638. The van der Waals surface area contributed by atoms with Crippen molar-refractivity contribution in [3.63, 3.8) is 0 Å². The van der Waals surface area contributed by atoms with E-state index in [1.54, 1.807) is 11.3 Å². The second-order valence-corrected chi connectivity index (χ2v) is 8.37. The fourth-order valence-electron chi connectivity index (χ4n) is 2.78. The van der Waals surface area contributed by atoms with Crippen LogP contribution in [-0.2, 0) is 30.2 Å². The summed E-state index contributed by atoms with van der Waals surface area (Å²) in [5.41, 5.74) is -0.499. The Hall–Kier alpha value is -1.67. The molecular weight excluding hydrogens is 356 g/mol. The number of hydrogen-bond donors (Lipinski definition) is 0. The average molecular weight is 384 g/mol. The smallest absolute Gasteiger partial charge is 0.332 e. The molecule has 2 heterocycles. The van der Waals surface area contributed by atoms with E-state index in [1.165, 1.54) is 7.11 Å². The molecule has 0 amide bonds. The number of hydrogen-bond acceptors (Lipinski definition) is 8. The number of anilines is 1. The van der Waals surface area contributed by atoms with Gasteiger partial charge in [-0.15, -0.1) is 11.3 Å². The third kappa shape index (κ3) is 6.57. The zero-order valence-corrected chi connectivity index (χ0v) is 16.8. The summed E-state index contributed by atoms with van der Waals surface area (Å²) in [5.74, 6) is -0.559. The number of methoxy groups -OCH3 is 1. The van der Waals surface area contributed by atoms with Crippen molar-refractivity contribution in [3.8, 4) is 0 Å². The molecule has 0 aliphatic carbocycles. The molecule has 0 radical (unpaired) electrons. The van der Waals surface area contributed by atoms with E-state index in [0.29, 0.717) is 19.4 Å². The predicted molar refractivity (Wildman–Crippen MR) is 99.5 cm³/mol. The molecule has 1 aliphatic heterocycles. The van der Waals surface area contributed by atoms with Gasteiger partial charge in [-0.3, -0.25) is 4.79 Å². The van der Waals surface area contributed by atoms with Gasteiger partial charge < -0.3 is 19.1 Å². The Morgan fingerprint density at radius 2 is 2.12 bits per heavy atom. The van der Waals surface area contributed by atoms with Crippen LogP contribution >= 0.6 is 11.3 Å². The second kappa shape index (κ2) is 9.32. The van der Waals surface area contributed by atoms with Gasteiger partial charge >= 0.3 is 11.9 Å². The van der Waals surface area contributed by atoms with Crippen molar-refractivity contribution in [2.75, 3.05) is 31.8 Å². The van der Waals surface area contributed by atoms with Crippen molar-refractivity contribution < 1.29 is 23.8 Å². The van der Waals surface area contributed by atoms with Gasteiger partial charge in [0, 0.05) is 17.6 Å². The van der Waals surface area contributed by atoms with Gasteiger partial charge in [0.2, 0.25) is 0 Å². The summed E-state index contributed by atoms with van der Waals surface area (Å²) in [4.78, 5) is 30.8. The molecule has 0 unspecified atom stereocenters. The normalized spacial score (nSPS) is 17.4. The van der Waals surface area contributed by atoms with Crippen LogP contribution in [0.4, 0.5) is 5.13 Å². The van der Waals surface area contributed by atoms with Gasteiger partial charge in [0.15, 0.2) is 5.13 Å². The fourth-order valence-corrected chi connectivity index (χ4v) is 3.79. The van der Waals surface area contributed by atoms with E-state index < -0.39 is 5.60 Å². The summed E-state index contributed by atoms with van der Waals surface area (Å²) in [5, 5.41) is 0.938. The summed E-state index contributed by atoms with van der Waals surface area (Å²) in [6, 6.07) is 0.206. The van der Waals surface area contributed by atoms with E-state index in [0.717, 1.165) is 29.4 Å². The van der Waals surface area contributed by atoms with Gasteiger partial charge in [-0.1, -0.05) is 0 Å². The Balaban J connectivity index is 1.81. The van der Waals surface area contributed by atoms with Crippen molar-refractivity contribution in [1.29, 1.82) is 0 Å². The molecule has 146 valence electrons. The summed E-state index contributed by atoms with van der Waals surface area (Å²) in [6.45, 7) is 6.86. The van der Waals surface area contributed by atoms with Crippen LogP contribution < -0.4 is 4.90 Å². The van der Waals surface area contributed by atoms with E-state index in [9.17, 15) is 9.59 Å². The zero-order valence-electron chi connectivity index (χ0n) is 15.9. The first-order valence-corrected chi connectivity index (χ1v) is 9.68. The predicted octanol–water partition coefficient (Wildman–Crippen LogP) is 2.58. The minimum Gasteiger partial charge on any atom is -0.469 e. The van der Waals surface area contributed by atoms with Crippen molar-refractivity contribution in [2.45, 2.75) is 58.1 Å². The maximum absolute atomic E-state index is 11.7. The van der Waals surface area contributed by atoms with Crippen LogP contribution in [0, 0.1) is 0 Å². The number of esters is 2. The molecule has 0 aromatic carbocycles. The molecule has 0 bridgehead atoms. The van der Waals surface area contributed by atoms with Crippen LogP contribution in [-0.4, -0.2) is 55.4 Å². The minimum absolute atomic E-state index is 0.0378. The van der Waals surface area contributed by atoms with Crippen LogP contribution in [0.25, 0.3) is 0 Å². The van der Waals surface area contributed by atoms with E-state index in [1.807, 2.05) is 27.0 Å². The fraction of sp³-hybridized carbons (Fsp3) is 0.722. The van der Waals surface area contributed by atoms with Crippen LogP contribution in [0.1, 0.15) is 44.9 Å². The molecule has 1 aliphatic rings. The van der Waals surface area contributed by atoms with Gasteiger partial charge in [0.05, 0.1) is 26.2 Å². The number of nitrogens with zero attached hydrogens (tertiary/aromatic N) is 2. The molecule has 7 nitrogen and oxygen atoms in total. The van der Waals surface area contributed by atoms with Gasteiger partial charge in [-0.2, -0.15) is 0 Å². The maximum atomic E-state index is 11.7. The molecule has 1 fully saturated rings. The summed E-state index contributed by atoms with van der Waals surface area (Å²) < 4.78 is 15.5. The molecule has 26 heavy (non-hydrogen) atoms. The molecule has 8 heteroatoms. The molecule has 1 atom stereocenters. The van der Waals surface area contributed by atoms with Crippen molar-refractivity contribution in [2.24, 2.45) is 0 Å². The standard InChI is InChI=1S/C18H28N2O5S/c1-18(2,3)25-16(22)12-24-11-13-6-5-9-20(13)17-19-10-14(26-17)7-8-15(21)23-4/h10,13H,5-9,11-12H2,1-4H3/t13-/m0/s1. The highest BCUT2D eigenvalue weighted by Crippen LogP contribution is 2.30. The Morgan fingerprint density at radius 3 is 2.81 bits per heavy atom. The SMILES string of the molecule is COC(=O)CCc1cnc(N2CCC[C@H]2COCC(=O)OC(C)(C)C)s1. The molecule has 2 rings (SSSR count). The number of carbonyl (C=O) groups is 2. The van der Waals surface area contributed by atoms with Crippen molar-refractivity contribution in [1.82, 2.24) is 4.98 Å². The number of aromatic nitrogens is 1. The third-order valence-electron chi connectivity index (χ3n) is 3.92. The van der Waals surface area contributed by atoms with Crippen LogP contribution in [0.15, 0.2) is 6.20 Å². The van der Waals surface area contributed by atoms with Crippen LogP contribution in [0.2, 0.25) is 0 Å². The molecule has 0 saturated carbocycles. The monoisotopic (exact) mass is 384 g/mol. The molecule has 0 N–H and O–H groups in total. The Kier molecular flexibility index (Phi) is 7.40. The highest BCUT2D eigenvalue weighted by atomic mass is 32.1. The zero-order chi connectivity index (χ0) is 19.2. The highest BCUT2D eigenvalue weighted by Gasteiger charge is 2.27. The molecule has 1 aromatic rings. The van der Waals surface area contributed by atoms with E-state index in [2.05, 4.69) is 14.6 Å². The lowest BCUT2D eigenvalue weighted by Gasteiger charge is -2.24. The lowest BCUT2D eigenvalue weighted by Crippen LogP contribution is -2.34. The highest BCUT2D eigenvalue weighted by molar-refractivity contribution is 7.15. The number of ether oxygens (including phenoxy) is 3. The minimum atomic E-state index is -0.499. The second-order valence-electron chi connectivity index (χ2n) is 7.28. The Labute approximate surface area is 158 Å². The molecule has 0 spiro atoms. The van der Waals surface area contributed by atoms with Gasteiger partial charge in [0.1, 0.15) is 12.2 Å². The number of aryl methyl sites for hydroxylation is 1. The summed E-state index contributed by atoms with van der Waals surface area (Å²) >= 11 is 1.59. The molecular formula is C18H28N2O5S. The first-order chi connectivity index (χ1) is 12.3. The number of rotatable bonds is 8. The first kappa shape index (κ1) is 20.6. The van der Waals surface area contributed by atoms with Crippen molar-refractivity contribution >= 4 is 28.4 Å². The third-order valence-corrected chi connectivity index (χ3v) is 5.01. The van der Waals surface area contributed by atoms with Gasteiger partial charge in [0.25, 0.3) is 0 Å². The Morgan fingerprint density at radius 1 is 1.35 bits per heavy atom. The first-order valence-electron chi connectivity index (χ1n) is 8.86. The average Bonchev–Trinajstić information content (AvgIpc) is 3.19. The lowest BCUT2D eigenvalue weighted by molar-refractivity contribution is -0.160. The number of carbonyl (C=O) groups excluding carboxylic acids is 2. The van der Waals surface area contributed by atoms with E-state index in [4.69, 9.17) is 9.47 Å². The van der Waals surface area contributed by atoms with Crippen molar-refractivity contribution in [3.05, 3.63) is 11.1 Å². The van der Waals surface area contributed by atoms with E-state index >= 15 is 0 Å². The maximum Gasteiger partial charge on any atom is 0.332 e. The van der Waals surface area contributed by atoms with Gasteiger partial charge in [-0.05, 0) is 40.0 Å². The number of thiazole rings is 1. The summed E-state index contributed by atoms with van der Waals surface area (Å²) in [7, 11) is 1.40. The lowest BCUT2D eigenvalue weighted by atomic mass is 10.2. The van der Waals surface area contributed by atoms with Gasteiger partial charge in [-0.25, -0.2) is 9.78 Å². The Bertz CT molecular complexity index is 611. The molecule has 1 aromatic heterocycles. The van der Waals surface area contributed by atoms with Crippen LogP contribution in [0.5, 0.6) is 0 Å².